The zero-order valence-electron chi connectivity index (χ0n) is 20.0. The summed E-state index contributed by atoms with van der Waals surface area (Å²) in [6, 6.07) is 29.7. The first-order valence-corrected chi connectivity index (χ1v) is 12.3. The fourth-order valence-electron chi connectivity index (χ4n) is 5.19. The summed E-state index contributed by atoms with van der Waals surface area (Å²) >= 11 is 0. The third-order valence-electron chi connectivity index (χ3n) is 6.93. The van der Waals surface area contributed by atoms with Crippen molar-refractivity contribution in [2.45, 2.75) is 0 Å². The normalized spacial score (nSPS) is 11.7. The minimum absolute atomic E-state index is 0.995. The number of nitrogens with zero attached hydrogens (tertiary/aromatic N) is 3. The standard InChI is InChI=1S/C34H21N3/c1-7-29-30(8-1)33(26-16-12-24(13-17-26)28-6-3-19-36-22-28)34-31(9-4-20-37-34)32(29)25-14-10-23(11-15-25)27-5-2-18-35-21-27/h2-22H. The molecule has 7 rings (SSSR count). The van der Waals surface area contributed by atoms with Crippen LogP contribution in [0.4, 0.5) is 0 Å². The van der Waals surface area contributed by atoms with Gasteiger partial charge in [0.2, 0.25) is 0 Å². The van der Waals surface area contributed by atoms with E-state index in [1.54, 1.807) is 12.4 Å². The number of fused-ring (bicyclic) bond motifs is 2. The van der Waals surface area contributed by atoms with Gasteiger partial charge in [-0.25, -0.2) is 0 Å². The average Bonchev–Trinajstić information content (AvgIpc) is 3.46. The number of rotatable bonds is 4. The largest absolute Gasteiger partial charge is 0.264 e. The topological polar surface area (TPSA) is 38.7 Å². The van der Waals surface area contributed by atoms with E-state index in [0.717, 1.165) is 55.4 Å². The molecular weight excluding hydrogens is 450 g/mol. The van der Waals surface area contributed by atoms with E-state index in [2.05, 4.69) is 94.6 Å². The molecule has 0 unspecified atom stereocenters. The Bertz CT molecular complexity index is 1680. The van der Waals surface area contributed by atoms with Crippen LogP contribution < -0.4 is 0 Å². The van der Waals surface area contributed by atoms with Crippen molar-refractivity contribution >= 4 is 23.1 Å². The van der Waals surface area contributed by atoms with Gasteiger partial charge in [0.15, 0.2) is 0 Å². The van der Waals surface area contributed by atoms with Gasteiger partial charge < -0.3 is 0 Å². The lowest BCUT2D eigenvalue weighted by Crippen LogP contribution is -1.96. The maximum absolute atomic E-state index is 4.89. The number of benzene rings is 3. The summed E-state index contributed by atoms with van der Waals surface area (Å²) < 4.78 is 0. The van der Waals surface area contributed by atoms with E-state index < -0.39 is 0 Å². The molecule has 3 heterocycles. The van der Waals surface area contributed by atoms with Crippen LogP contribution >= 0.6 is 0 Å². The third kappa shape index (κ3) is 3.66. The number of aromatic nitrogens is 3. The third-order valence-corrected chi connectivity index (χ3v) is 6.93. The van der Waals surface area contributed by atoms with Crippen molar-refractivity contribution in [3.8, 4) is 44.5 Å². The Hall–Kier alpha value is -5.11. The molecule has 3 aromatic heterocycles. The number of pyridine rings is 3. The first kappa shape index (κ1) is 21.2. The number of hydrogen-bond acceptors (Lipinski definition) is 3. The van der Waals surface area contributed by atoms with Crippen LogP contribution in [0.1, 0.15) is 11.1 Å². The van der Waals surface area contributed by atoms with Gasteiger partial charge in [-0.2, -0.15) is 0 Å². The second-order valence-corrected chi connectivity index (χ2v) is 9.07. The molecule has 0 amide bonds. The molecule has 0 bridgehead atoms. The molecular formula is C34H21N3. The summed E-state index contributed by atoms with van der Waals surface area (Å²) in [5.74, 6) is 0. The van der Waals surface area contributed by atoms with E-state index in [-0.39, 0.29) is 0 Å². The van der Waals surface area contributed by atoms with Crippen LogP contribution in [0.3, 0.4) is 0 Å². The maximum atomic E-state index is 4.89. The van der Waals surface area contributed by atoms with Crippen molar-refractivity contribution in [3.63, 3.8) is 0 Å². The van der Waals surface area contributed by atoms with Gasteiger partial charge in [-0.15, -0.1) is 5.73 Å². The zero-order chi connectivity index (χ0) is 24.6. The second-order valence-electron chi connectivity index (χ2n) is 9.07. The van der Waals surface area contributed by atoms with Crippen LogP contribution in [0.2, 0.25) is 0 Å². The van der Waals surface area contributed by atoms with Crippen LogP contribution in [-0.4, -0.2) is 15.0 Å². The average molecular weight is 472 g/mol. The van der Waals surface area contributed by atoms with Gasteiger partial charge in [-0.05, 0) is 74.9 Å². The molecule has 0 N–H and O–H groups in total. The summed E-state index contributed by atoms with van der Waals surface area (Å²) in [6.07, 6.45) is 13.4. The van der Waals surface area contributed by atoms with Crippen molar-refractivity contribution in [1.29, 1.82) is 0 Å². The van der Waals surface area contributed by atoms with Gasteiger partial charge in [0.05, 0.1) is 5.52 Å². The van der Waals surface area contributed by atoms with E-state index in [0.29, 0.717) is 0 Å². The molecule has 6 aromatic rings. The van der Waals surface area contributed by atoms with Crippen LogP contribution in [-0.2, 0) is 0 Å². The van der Waals surface area contributed by atoms with E-state index in [9.17, 15) is 0 Å². The smallest absolute Gasteiger partial charge is 0.0793 e. The fraction of sp³-hybridized carbons (Fsp3) is 0. The molecule has 0 spiro atoms. The van der Waals surface area contributed by atoms with Crippen LogP contribution in [0.5, 0.6) is 0 Å². The fourth-order valence-corrected chi connectivity index (χ4v) is 5.19. The van der Waals surface area contributed by atoms with Gasteiger partial charge >= 0.3 is 0 Å². The monoisotopic (exact) mass is 471 g/mol. The first-order chi connectivity index (χ1) is 18.4. The van der Waals surface area contributed by atoms with Gasteiger partial charge in [-0.1, -0.05) is 66.7 Å². The lowest BCUT2D eigenvalue weighted by atomic mass is 9.86. The highest BCUT2D eigenvalue weighted by atomic mass is 14.7. The zero-order valence-corrected chi connectivity index (χ0v) is 20.0. The van der Waals surface area contributed by atoms with Crippen molar-refractivity contribution < 1.29 is 0 Å². The quantitative estimate of drug-likeness (QED) is 0.242. The molecule has 172 valence electrons. The summed E-state index contributed by atoms with van der Waals surface area (Å²) in [5, 5.41) is 1.13. The minimum Gasteiger partial charge on any atom is -0.264 e. The summed E-state index contributed by atoms with van der Waals surface area (Å²) in [6.45, 7) is 0. The highest BCUT2D eigenvalue weighted by molar-refractivity contribution is 6.11. The molecule has 0 radical (unpaired) electrons. The Morgan fingerprint density at radius 2 is 0.973 bits per heavy atom. The van der Waals surface area contributed by atoms with Crippen LogP contribution in [0.15, 0.2) is 122 Å². The maximum Gasteiger partial charge on any atom is 0.0793 e. The molecule has 37 heavy (non-hydrogen) atoms. The van der Waals surface area contributed by atoms with Gasteiger partial charge in [0, 0.05) is 47.5 Å². The van der Waals surface area contributed by atoms with Crippen molar-refractivity contribution in [1.82, 2.24) is 15.0 Å². The molecule has 0 aliphatic heterocycles. The van der Waals surface area contributed by atoms with E-state index in [4.69, 9.17) is 4.98 Å². The van der Waals surface area contributed by atoms with E-state index in [1.165, 1.54) is 11.1 Å². The number of hydrogen-bond donors (Lipinski definition) is 0. The van der Waals surface area contributed by atoms with Gasteiger partial charge in [0.1, 0.15) is 0 Å². The molecule has 3 aromatic carbocycles. The van der Waals surface area contributed by atoms with Crippen molar-refractivity contribution in [2.75, 3.05) is 0 Å². The molecule has 3 heteroatoms. The Morgan fingerprint density at radius 3 is 1.54 bits per heavy atom. The molecule has 0 saturated heterocycles. The van der Waals surface area contributed by atoms with Gasteiger partial charge in [0.25, 0.3) is 0 Å². The van der Waals surface area contributed by atoms with E-state index >= 15 is 0 Å². The second kappa shape index (κ2) is 8.83. The summed E-state index contributed by atoms with van der Waals surface area (Å²) in [4.78, 5) is 13.4. The molecule has 0 atom stereocenters. The van der Waals surface area contributed by atoms with Crippen molar-refractivity contribution in [3.05, 3.63) is 133 Å². The molecule has 1 aliphatic carbocycles. The lowest BCUT2D eigenvalue weighted by Gasteiger charge is -2.18. The molecule has 3 nitrogen and oxygen atoms in total. The summed E-state index contributed by atoms with van der Waals surface area (Å²) in [7, 11) is 0. The lowest BCUT2D eigenvalue weighted by molar-refractivity contribution is 1.33. The highest BCUT2D eigenvalue weighted by Gasteiger charge is 2.21. The Morgan fingerprint density at radius 1 is 0.459 bits per heavy atom. The first-order valence-electron chi connectivity index (χ1n) is 12.3. The van der Waals surface area contributed by atoms with Gasteiger partial charge in [-0.3, -0.25) is 15.0 Å². The minimum atomic E-state index is 0.995. The molecule has 0 fully saturated rings. The van der Waals surface area contributed by atoms with Crippen molar-refractivity contribution in [2.24, 2.45) is 0 Å². The SMILES string of the molecule is C1=Cc2c(c(-c3ccc(-c4cccnc4)cc3)c3ncccc3c2-c2ccc(-c3cccnc3)cc2)C=1. The van der Waals surface area contributed by atoms with Crippen LogP contribution in [0.25, 0.3) is 67.6 Å². The van der Waals surface area contributed by atoms with Crippen LogP contribution in [0, 0.1) is 0 Å². The molecule has 0 saturated carbocycles. The molecule has 1 aliphatic rings. The predicted molar refractivity (Wildman–Crippen MR) is 152 cm³/mol. The predicted octanol–water partition coefficient (Wildman–Crippen LogP) is 8.33. The Labute approximate surface area is 215 Å². The Balaban J connectivity index is 1.39. The Kier molecular flexibility index (Phi) is 5.06. The van der Waals surface area contributed by atoms with E-state index in [1.807, 2.05) is 36.8 Å². The summed E-state index contributed by atoms with van der Waals surface area (Å²) in [5.41, 5.74) is 15.8. The highest BCUT2D eigenvalue weighted by Crippen LogP contribution is 2.44.